The number of amides is 1. The van der Waals surface area contributed by atoms with Crippen LogP contribution in [-0.2, 0) is 24.1 Å². The van der Waals surface area contributed by atoms with Gasteiger partial charge >= 0.3 is 6.18 Å². The largest absolute Gasteiger partial charge is 0.417 e. The molecule has 182 valence electrons. The molecule has 4 aromatic rings. The van der Waals surface area contributed by atoms with Crippen molar-refractivity contribution in [1.29, 1.82) is 0 Å². The summed E-state index contributed by atoms with van der Waals surface area (Å²) in [5.41, 5.74) is 0.490. The number of halogens is 5. The molecule has 0 bridgehead atoms. The monoisotopic (exact) mass is 506 g/mol. The lowest BCUT2D eigenvalue weighted by Gasteiger charge is -2.11. The first kappa shape index (κ1) is 23.3. The zero-order chi connectivity index (χ0) is 24.9. The van der Waals surface area contributed by atoms with Gasteiger partial charge in [0.15, 0.2) is 11.5 Å². The molecule has 12 heteroatoms. The van der Waals surface area contributed by atoms with Gasteiger partial charge in [-0.1, -0.05) is 23.7 Å². The van der Waals surface area contributed by atoms with Crippen molar-refractivity contribution in [3.63, 3.8) is 0 Å². The van der Waals surface area contributed by atoms with Crippen LogP contribution in [0, 0.1) is 12.7 Å². The molecule has 3 aromatic heterocycles. The van der Waals surface area contributed by atoms with E-state index in [9.17, 15) is 22.4 Å². The first-order valence-corrected chi connectivity index (χ1v) is 11.2. The summed E-state index contributed by atoms with van der Waals surface area (Å²) in [7, 11) is 0. The summed E-state index contributed by atoms with van der Waals surface area (Å²) in [6.45, 7) is 1.38. The molecule has 1 fully saturated rings. The fourth-order valence-electron chi connectivity index (χ4n) is 3.94. The van der Waals surface area contributed by atoms with E-state index in [4.69, 9.17) is 11.6 Å². The van der Waals surface area contributed by atoms with Crippen LogP contribution >= 0.6 is 11.6 Å². The number of alkyl halides is 3. The molecule has 0 unspecified atom stereocenters. The van der Waals surface area contributed by atoms with Gasteiger partial charge in [-0.15, -0.1) is 0 Å². The van der Waals surface area contributed by atoms with Crippen molar-refractivity contribution < 1.29 is 22.4 Å². The molecular weight excluding hydrogens is 488 g/mol. The van der Waals surface area contributed by atoms with Gasteiger partial charge in [-0.3, -0.25) is 9.48 Å². The lowest BCUT2D eigenvalue weighted by atomic mass is 10.1. The minimum absolute atomic E-state index is 0.0122. The van der Waals surface area contributed by atoms with Gasteiger partial charge in [0.2, 0.25) is 5.91 Å². The quantitative estimate of drug-likeness (QED) is 0.359. The summed E-state index contributed by atoms with van der Waals surface area (Å²) < 4.78 is 57.0. The highest BCUT2D eigenvalue weighted by atomic mass is 35.5. The molecule has 5 rings (SSSR count). The van der Waals surface area contributed by atoms with Crippen LogP contribution in [0.3, 0.4) is 0 Å². The molecule has 0 radical (unpaired) electrons. The van der Waals surface area contributed by atoms with E-state index in [-0.39, 0.29) is 45.8 Å². The Morgan fingerprint density at radius 2 is 1.91 bits per heavy atom. The number of nitrogens with zero attached hydrogens (tertiary/aromatic N) is 5. The Hall–Kier alpha value is -3.47. The fourth-order valence-corrected chi connectivity index (χ4v) is 4.14. The molecule has 1 aliphatic carbocycles. The number of pyridine rings is 1. The summed E-state index contributed by atoms with van der Waals surface area (Å²) in [5.74, 6) is -0.852. The molecule has 0 atom stereocenters. The molecule has 1 N–H and O–H groups in total. The molecule has 0 aliphatic heterocycles. The molecular formula is C23H19ClF4N6O. The van der Waals surface area contributed by atoms with E-state index in [1.165, 1.54) is 34.6 Å². The number of hydrogen-bond acceptors (Lipinski definition) is 4. The zero-order valence-electron chi connectivity index (χ0n) is 18.4. The Morgan fingerprint density at radius 1 is 1.20 bits per heavy atom. The highest BCUT2D eigenvalue weighted by Crippen LogP contribution is 2.43. The third kappa shape index (κ3) is 4.86. The smallest absolute Gasteiger partial charge is 0.306 e. The van der Waals surface area contributed by atoms with Gasteiger partial charge in [-0.05, 0) is 43.5 Å². The number of benzene rings is 1. The van der Waals surface area contributed by atoms with Gasteiger partial charge in [0, 0.05) is 17.8 Å². The zero-order valence-corrected chi connectivity index (χ0v) is 19.2. The van der Waals surface area contributed by atoms with E-state index < -0.39 is 17.6 Å². The number of rotatable bonds is 6. The van der Waals surface area contributed by atoms with Gasteiger partial charge in [0.25, 0.3) is 0 Å². The van der Waals surface area contributed by atoms with Crippen LogP contribution in [-0.4, -0.2) is 30.5 Å². The molecule has 7 nitrogen and oxygen atoms in total. The van der Waals surface area contributed by atoms with Crippen molar-refractivity contribution in [3.05, 3.63) is 69.9 Å². The third-order valence-corrected chi connectivity index (χ3v) is 6.00. The van der Waals surface area contributed by atoms with Crippen molar-refractivity contribution in [2.45, 2.75) is 44.9 Å². The van der Waals surface area contributed by atoms with E-state index in [1.807, 2.05) is 0 Å². The molecule has 0 saturated heterocycles. The van der Waals surface area contributed by atoms with Crippen LogP contribution in [0.5, 0.6) is 0 Å². The summed E-state index contributed by atoms with van der Waals surface area (Å²) in [4.78, 5) is 17.1. The number of anilines is 1. The third-order valence-electron chi connectivity index (χ3n) is 5.72. The van der Waals surface area contributed by atoms with Gasteiger partial charge in [0.1, 0.15) is 17.4 Å². The number of carbonyl (C=O) groups is 1. The Labute approximate surface area is 201 Å². The molecule has 35 heavy (non-hydrogen) atoms. The minimum atomic E-state index is -4.57. The summed E-state index contributed by atoms with van der Waals surface area (Å²) >= 11 is 6.20. The molecule has 1 saturated carbocycles. The first-order chi connectivity index (χ1) is 16.6. The van der Waals surface area contributed by atoms with Crippen molar-refractivity contribution in [2.75, 3.05) is 5.32 Å². The van der Waals surface area contributed by atoms with Crippen LogP contribution < -0.4 is 5.32 Å². The maximum atomic E-state index is 13.8. The molecule has 3 heterocycles. The lowest BCUT2D eigenvalue weighted by Crippen LogP contribution is -2.20. The standard InChI is InChI=1S/C23H19ClF4N6O/c1-12-20-16(23(26,27)28)8-18(14-4-5-14)29-22(20)34(31-12)11-19(35)30-21-17(24)10-33(32-21)9-13-2-6-15(25)7-3-13/h2-3,6-8,10,14H,4-5,9,11H2,1H3,(H,30,32,35). The fraction of sp³-hybridized carbons (Fsp3) is 0.304. The summed E-state index contributed by atoms with van der Waals surface area (Å²) in [6, 6.07) is 6.95. The van der Waals surface area contributed by atoms with E-state index in [1.54, 1.807) is 12.1 Å². The first-order valence-electron chi connectivity index (χ1n) is 10.8. The average molecular weight is 507 g/mol. The number of fused-ring (bicyclic) bond motifs is 1. The maximum Gasteiger partial charge on any atom is 0.417 e. The molecule has 0 spiro atoms. The highest BCUT2D eigenvalue weighted by Gasteiger charge is 2.37. The molecule has 1 aromatic carbocycles. The van der Waals surface area contributed by atoms with Crippen LogP contribution in [0.15, 0.2) is 36.5 Å². The predicted octanol–water partition coefficient (Wildman–Crippen LogP) is 5.31. The number of aryl methyl sites for hydroxylation is 1. The topological polar surface area (TPSA) is 77.6 Å². The number of nitrogens with one attached hydrogen (secondary N) is 1. The number of hydrogen-bond donors (Lipinski definition) is 1. The van der Waals surface area contributed by atoms with Gasteiger partial charge in [0.05, 0.1) is 23.2 Å². The Bertz CT molecular complexity index is 1420. The van der Waals surface area contributed by atoms with E-state index in [0.717, 1.165) is 24.5 Å². The SMILES string of the molecule is Cc1nn(CC(=O)Nc2nn(Cc3ccc(F)cc3)cc2Cl)c2nc(C3CC3)cc(C(F)(F)F)c12. The minimum Gasteiger partial charge on any atom is -0.306 e. The Kier molecular flexibility index (Phi) is 5.74. The second-order valence-corrected chi connectivity index (χ2v) is 8.91. The van der Waals surface area contributed by atoms with Gasteiger partial charge in [-0.25, -0.2) is 14.1 Å². The van der Waals surface area contributed by atoms with Gasteiger partial charge < -0.3 is 5.32 Å². The van der Waals surface area contributed by atoms with Crippen LogP contribution in [0.4, 0.5) is 23.4 Å². The average Bonchev–Trinajstić information content (AvgIpc) is 3.52. The van der Waals surface area contributed by atoms with Crippen LogP contribution in [0.25, 0.3) is 11.0 Å². The van der Waals surface area contributed by atoms with Crippen molar-refractivity contribution in [1.82, 2.24) is 24.5 Å². The maximum absolute atomic E-state index is 13.8. The lowest BCUT2D eigenvalue weighted by molar-refractivity contribution is -0.136. The van der Waals surface area contributed by atoms with Crippen molar-refractivity contribution in [3.8, 4) is 0 Å². The van der Waals surface area contributed by atoms with Gasteiger partial charge in [-0.2, -0.15) is 23.4 Å². The summed E-state index contributed by atoms with van der Waals surface area (Å²) in [6.07, 6.45) is -1.51. The summed E-state index contributed by atoms with van der Waals surface area (Å²) in [5, 5.41) is 11.0. The Balaban J connectivity index is 1.38. The molecule has 1 amide bonds. The van der Waals surface area contributed by atoms with Crippen molar-refractivity contribution >= 4 is 34.4 Å². The van der Waals surface area contributed by atoms with E-state index in [2.05, 4.69) is 20.5 Å². The second kappa shape index (κ2) is 8.63. The van der Waals surface area contributed by atoms with Crippen LogP contribution in [0.2, 0.25) is 5.02 Å². The second-order valence-electron chi connectivity index (χ2n) is 8.51. The van der Waals surface area contributed by atoms with E-state index >= 15 is 0 Å². The molecule has 1 aliphatic rings. The highest BCUT2D eigenvalue weighted by molar-refractivity contribution is 6.33. The Morgan fingerprint density at radius 3 is 2.57 bits per heavy atom. The number of aromatic nitrogens is 5. The number of carbonyl (C=O) groups excluding carboxylic acids is 1. The van der Waals surface area contributed by atoms with E-state index in [0.29, 0.717) is 12.2 Å². The predicted molar refractivity (Wildman–Crippen MR) is 121 cm³/mol. The van der Waals surface area contributed by atoms with Crippen LogP contribution in [0.1, 0.15) is 41.3 Å². The van der Waals surface area contributed by atoms with Crippen molar-refractivity contribution in [2.24, 2.45) is 0 Å². The normalized spacial score (nSPS) is 14.0.